The fraction of sp³-hybridized carbons (Fsp3) is 0.897. The van der Waals surface area contributed by atoms with E-state index in [4.69, 9.17) is 19.9 Å². The Morgan fingerprint density at radius 1 is 0.919 bits per heavy atom. The van der Waals surface area contributed by atoms with Gasteiger partial charge in [0.15, 0.2) is 0 Å². The van der Waals surface area contributed by atoms with Gasteiger partial charge in [-0.1, -0.05) is 110 Å². The molecule has 0 aromatic carbocycles. The molecule has 0 aromatic rings. The predicted octanol–water partition coefficient (Wildman–Crippen LogP) is 5.89. The number of hydrogen-bond acceptors (Lipinski definition) is 6. The number of cyclic esters (lactones) is 1. The minimum absolute atomic E-state index is 0.0178. The molecule has 1 amide bonds. The molecular formula is C29H51NO7. The molecule has 5 atom stereocenters. The number of hydrogen-bond donors (Lipinski definition) is 2. The molecule has 8 heteroatoms. The van der Waals surface area contributed by atoms with Crippen molar-refractivity contribution < 1.29 is 33.7 Å². The summed E-state index contributed by atoms with van der Waals surface area (Å²) in [4.78, 5) is 35.2. The van der Waals surface area contributed by atoms with Gasteiger partial charge in [0.2, 0.25) is 0 Å². The van der Waals surface area contributed by atoms with Crippen LogP contribution in [0, 0.1) is 11.8 Å². The normalized spacial score (nSPS) is 26.0. The number of carboxylic acid groups (broad SMARTS) is 1. The topological polar surface area (TPSA) is 125 Å². The molecule has 8 nitrogen and oxygen atoms in total. The summed E-state index contributed by atoms with van der Waals surface area (Å²) >= 11 is 0. The van der Waals surface area contributed by atoms with Crippen LogP contribution in [-0.2, 0) is 28.6 Å². The molecule has 3 N–H and O–H groups in total. The van der Waals surface area contributed by atoms with E-state index in [1.807, 2.05) is 6.92 Å². The van der Waals surface area contributed by atoms with Gasteiger partial charge in [-0.15, -0.1) is 0 Å². The first-order valence-electron chi connectivity index (χ1n) is 14.9. The molecule has 2 heterocycles. The van der Waals surface area contributed by atoms with E-state index in [0.29, 0.717) is 12.8 Å². The monoisotopic (exact) mass is 525 g/mol. The van der Waals surface area contributed by atoms with Crippen LogP contribution in [0.2, 0.25) is 0 Å². The van der Waals surface area contributed by atoms with Crippen LogP contribution in [0.4, 0.5) is 0 Å². The summed E-state index contributed by atoms with van der Waals surface area (Å²) in [5, 5.41) is 9.48. The van der Waals surface area contributed by atoms with Crippen LogP contribution in [0.3, 0.4) is 0 Å². The molecule has 2 fully saturated rings. The zero-order chi connectivity index (χ0) is 27.1. The molecule has 2 aliphatic heterocycles. The van der Waals surface area contributed by atoms with Crippen LogP contribution < -0.4 is 5.73 Å². The molecule has 3 unspecified atom stereocenters. The molecule has 0 aromatic heterocycles. The molecule has 0 saturated carbocycles. The smallest absolute Gasteiger partial charge is 0.375 e. The van der Waals surface area contributed by atoms with Crippen LogP contribution in [-0.4, -0.2) is 47.6 Å². The predicted molar refractivity (Wildman–Crippen MR) is 142 cm³/mol. The van der Waals surface area contributed by atoms with E-state index < -0.39 is 23.8 Å². The number of aliphatic carboxylic acids is 1. The van der Waals surface area contributed by atoms with E-state index in [1.165, 1.54) is 83.5 Å². The van der Waals surface area contributed by atoms with Crippen molar-refractivity contribution in [1.82, 2.24) is 0 Å². The highest BCUT2D eigenvalue weighted by Crippen LogP contribution is 2.37. The zero-order valence-corrected chi connectivity index (χ0v) is 23.2. The molecule has 214 valence electrons. The van der Waals surface area contributed by atoms with Gasteiger partial charge in [-0.2, -0.15) is 0 Å². The maximum atomic E-state index is 11.8. The standard InChI is InChI=1S/C29H51NO7/c1-3-5-6-7-8-9-10-11-12-13-14-15-16-17-18-19-22(20-24-23(4-2)26(31)36-24)25-21-35-29(37-25,27(30)32)28(33)34/h22-25H,3-21H2,1-2H3,(H2,30,32)(H,33,34)/t22?,23-,24-,25?,29?/m0/s1. The van der Waals surface area contributed by atoms with E-state index in [-0.39, 0.29) is 30.5 Å². The number of carbonyl (C=O) groups is 3. The van der Waals surface area contributed by atoms with Gasteiger partial charge in [0.25, 0.3) is 5.91 Å². The summed E-state index contributed by atoms with van der Waals surface area (Å²) in [5.41, 5.74) is 5.29. The number of primary amides is 1. The van der Waals surface area contributed by atoms with Crippen molar-refractivity contribution in [3.63, 3.8) is 0 Å². The lowest BCUT2D eigenvalue weighted by atomic mass is 9.82. The molecule has 0 radical (unpaired) electrons. The van der Waals surface area contributed by atoms with Gasteiger partial charge < -0.3 is 25.1 Å². The van der Waals surface area contributed by atoms with E-state index in [2.05, 4.69) is 6.92 Å². The van der Waals surface area contributed by atoms with Crippen molar-refractivity contribution >= 4 is 17.8 Å². The minimum Gasteiger partial charge on any atom is -0.477 e. The molecule has 0 spiro atoms. The molecule has 37 heavy (non-hydrogen) atoms. The van der Waals surface area contributed by atoms with Crippen molar-refractivity contribution in [2.24, 2.45) is 17.6 Å². The van der Waals surface area contributed by atoms with E-state index in [1.54, 1.807) is 0 Å². The number of rotatable bonds is 22. The Morgan fingerprint density at radius 2 is 1.43 bits per heavy atom. The third-order valence-corrected chi connectivity index (χ3v) is 8.07. The summed E-state index contributed by atoms with van der Waals surface area (Å²) in [7, 11) is 0. The zero-order valence-electron chi connectivity index (χ0n) is 23.2. The van der Waals surface area contributed by atoms with Crippen LogP contribution >= 0.6 is 0 Å². The number of amides is 1. The summed E-state index contributed by atoms with van der Waals surface area (Å²) in [6, 6.07) is 0. The Balaban J connectivity index is 1.65. The molecule has 2 saturated heterocycles. The van der Waals surface area contributed by atoms with Gasteiger partial charge in [0.05, 0.1) is 18.6 Å². The highest BCUT2D eigenvalue weighted by molar-refractivity contribution is 6.03. The number of ether oxygens (including phenoxy) is 3. The lowest BCUT2D eigenvalue weighted by molar-refractivity contribution is -0.208. The largest absolute Gasteiger partial charge is 0.477 e. The summed E-state index contributed by atoms with van der Waals surface area (Å²) in [6.07, 6.45) is 20.6. The quantitative estimate of drug-likeness (QED) is 0.103. The molecule has 2 aliphatic rings. The van der Waals surface area contributed by atoms with E-state index >= 15 is 0 Å². The van der Waals surface area contributed by atoms with Crippen LogP contribution in [0.1, 0.15) is 129 Å². The maximum Gasteiger partial charge on any atom is 0.375 e. The summed E-state index contributed by atoms with van der Waals surface area (Å²) < 4.78 is 16.3. The summed E-state index contributed by atoms with van der Waals surface area (Å²) in [5.74, 6) is -5.51. The third kappa shape index (κ3) is 9.86. The van der Waals surface area contributed by atoms with E-state index in [0.717, 1.165) is 19.3 Å². The first kappa shape index (κ1) is 31.5. The second-order valence-corrected chi connectivity index (χ2v) is 11.0. The molecule has 0 bridgehead atoms. The SMILES string of the molecule is CCCCCCCCCCCCCCCCCC(C[C@@H]1OC(=O)[C@H]1CC)C1COC(C(N)=O)(C(=O)O)O1. The highest BCUT2D eigenvalue weighted by atomic mass is 16.8. The van der Waals surface area contributed by atoms with Crippen molar-refractivity contribution in [1.29, 1.82) is 0 Å². The van der Waals surface area contributed by atoms with E-state index in [9.17, 15) is 19.5 Å². The van der Waals surface area contributed by atoms with Gasteiger partial charge in [-0.05, 0) is 25.2 Å². The lowest BCUT2D eigenvalue weighted by Crippen LogP contribution is -2.52. The van der Waals surface area contributed by atoms with Gasteiger partial charge in [0, 0.05) is 0 Å². The Bertz CT molecular complexity index is 684. The first-order chi connectivity index (χ1) is 17.9. The second-order valence-electron chi connectivity index (χ2n) is 11.0. The average Bonchev–Trinajstić information content (AvgIpc) is 3.32. The average molecular weight is 526 g/mol. The highest BCUT2D eigenvalue weighted by Gasteiger charge is 2.56. The minimum atomic E-state index is -2.43. The van der Waals surface area contributed by atoms with Gasteiger partial charge in [-0.25, -0.2) is 4.79 Å². The Morgan fingerprint density at radius 3 is 1.84 bits per heavy atom. The van der Waals surface area contributed by atoms with Crippen LogP contribution in [0.15, 0.2) is 0 Å². The van der Waals surface area contributed by atoms with Gasteiger partial charge in [-0.3, -0.25) is 9.59 Å². The number of carboxylic acids is 1. The summed E-state index contributed by atoms with van der Waals surface area (Å²) in [6.45, 7) is 4.20. The van der Waals surface area contributed by atoms with Crippen molar-refractivity contribution in [3.05, 3.63) is 0 Å². The molecule has 2 rings (SSSR count). The third-order valence-electron chi connectivity index (χ3n) is 8.07. The fourth-order valence-corrected chi connectivity index (χ4v) is 5.63. The van der Waals surface area contributed by atoms with Crippen molar-refractivity contribution in [3.8, 4) is 0 Å². The molecule has 0 aliphatic carbocycles. The Hall–Kier alpha value is -1.67. The second kappa shape index (κ2) is 17.0. The maximum absolute atomic E-state index is 11.8. The van der Waals surface area contributed by atoms with Gasteiger partial charge >= 0.3 is 17.7 Å². The van der Waals surface area contributed by atoms with Crippen molar-refractivity contribution in [2.75, 3.05) is 6.61 Å². The van der Waals surface area contributed by atoms with Crippen LogP contribution in [0.25, 0.3) is 0 Å². The Labute approximate surface area is 223 Å². The number of nitrogens with two attached hydrogens (primary N) is 1. The fourth-order valence-electron chi connectivity index (χ4n) is 5.63. The number of esters is 1. The lowest BCUT2D eigenvalue weighted by Gasteiger charge is -2.37. The Kier molecular flexibility index (Phi) is 14.5. The van der Waals surface area contributed by atoms with Crippen LogP contribution in [0.5, 0.6) is 0 Å². The molecular weight excluding hydrogens is 474 g/mol. The number of carbonyl (C=O) groups excluding carboxylic acids is 2. The number of unbranched alkanes of at least 4 members (excludes halogenated alkanes) is 14. The van der Waals surface area contributed by atoms with Crippen molar-refractivity contribution in [2.45, 2.75) is 147 Å². The van der Waals surface area contributed by atoms with Gasteiger partial charge in [0.1, 0.15) is 6.10 Å². The first-order valence-corrected chi connectivity index (χ1v) is 14.9.